The fraction of sp³-hybridized carbons (Fsp3) is 0. The SMILES string of the molecule is Cl.O=C(O)c1nsc2ccc([N+](=O)[O-])cc12. The number of nitro benzene ring substituents is 1. The standard InChI is InChI=1S/C8H4N2O4S.ClH/c11-8(12)7-5-3-4(10(13)14)1-2-6(5)15-9-7;/h1-3H,(H,11,12);1H. The van der Waals surface area contributed by atoms with Crippen molar-refractivity contribution in [2.24, 2.45) is 0 Å². The summed E-state index contributed by atoms with van der Waals surface area (Å²) in [5.74, 6) is -1.18. The highest BCUT2D eigenvalue weighted by molar-refractivity contribution is 7.13. The number of fused-ring (bicyclic) bond motifs is 1. The Morgan fingerprint density at radius 3 is 2.75 bits per heavy atom. The zero-order chi connectivity index (χ0) is 11.0. The number of aromatic nitrogens is 1. The quantitative estimate of drug-likeness (QED) is 0.661. The Balaban J connectivity index is 0.00000128. The van der Waals surface area contributed by atoms with Crippen LogP contribution in [0.5, 0.6) is 0 Å². The van der Waals surface area contributed by atoms with Gasteiger partial charge in [0.2, 0.25) is 0 Å². The molecule has 2 rings (SSSR count). The van der Waals surface area contributed by atoms with Crippen LogP contribution in [0.4, 0.5) is 5.69 Å². The van der Waals surface area contributed by atoms with Crippen LogP contribution < -0.4 is 0 Å². The van der Waals surface area contributed by atoms with E-state index in [-0.39, 0.29) is 23.8 Å². The lowest BCUT2D eigenvalue weighted by molar-refractivity contribution is -0.384. The number of rotatable bonds is 2. The molecule has 0 amide bonds. The number of carboxylic acid groups (broad SMARTS) is 1. The monoisotopic (exact) mass is 260 g/mol. The van der Waals surface area contributed by atoms with E-state index in [1.54, 1.807) is 0 Å². The van der Waals surface area contributed by atoms with E-state index in [4.69, 9.17) is 5.11 Å². The maximum absolute atomic E-state index is 10.7. The third-order valence-corrected chi connectivity index (χ3v) is 2.69. The number of nitro groups is 1. The van der Waals surface area contributed by atoms with Crippen molar-refractivity contribution >= 4 is 45.7 Å². The Labute approximate surface area is 99.2 Å². The number of carbonyl (C=O) groups is 1. The van der Waals surface area contributed by atoms with Crippen LogP contribution in [0.3, 0.4) is 0 Å². The molecule has 0 radical (unpaired) electrons. The van der Waals surface area contributed by atoms with Crippen LogP contribution in [-0.2, 0) is 0 Å². The molecule has 2 aromatic rings. The zero-order valence-corrected chi connectivity index (χ0v) is 9.25. The highest BCUT2D eigenvalue weighted by Gasteiger charge is 2.16. The van der Waals surface area contributed by atoms with Gasteiger partial charge < -0.3 is 5.11 Å². The first kappa shape index (κ1) is 12.3. The summed E-state index contributed by atoms with van der Waals surface area (Å²) in [6.07, 6.45) is 0. The molecular formula is C8H5ClN2O4S. The van der Waals surface area contributed by atoms with Gasteiger partial charge >= 0.3 is 5.97 Å². The van der Waals surface area contributed by atoms with Crippen molar-refractivity contribution < 1.29 is 14.8 Å². The Kier molecular flexibility index (Phi) is 3.41. The molecule has 0 bridgehead atoms. The van der Waals surface area contributed by atoms with E-state index in [1.807, 2.05) is 0 Å². The first-order valence-electron chi connectivity index (χ1n) is 3.86. The molecule has 1 heterocycles. The number of hydrogen-bond acceptors (Lipinski definition) is 5. The molecule has 0 aliphatic heterocycles. The van der Waals surface area contributed by atoms with E-state index in [9.17, 15) is 14.9 Å². The summed E-state index contributed by atoms with van der Waals surface area (Å²) in [6, 6.07) is 4.05. The molecule has 1 aromatic heterocycles. The highest BCUT2D eigenvalue weighted by atomic mass is 35.5. The van der Waals surface area contributed by atoms with Crippen LogP contribution in [-0.4, -0.2) is 20.4 Å². The van der Waals surface area contributed by atoms with Crippen LogP contribution >= 0.6 is 23.9 Å². The van der Waals surface area contributed by atoms with Crippen LogP contribution in [0, 0.1) is 10.1 Å². The smallest absolute Gasteiger partial charge is 0.356 e. The Bertz CT molecular complexity index is 568. The molecule has 1 N–H and O–H groups in total. The molecule has 0 saturated carbocycles. The number of nitrogens with zero attached hydrogens (tertiary/aromatic N) is 2. The second kappa shape index (κ2) is 4.42. The van der Waals surface area contributed by atoms with E-state index < -0.39 is 10.9 Å². The largest absolute Gasteiger partial charge is 0.476 e. The number of halogens is 1. The highest BCUT2D eigenvalue weighted by Crippen LogP contribution is 2.26. The van der Waals surface area contributed by atoms with Crippen molar-refractivity contribution in [1.29, 1.82) is 0 Å². The van der Waals surface area contributed by atoms with E-state index in [1.165, 1.54) is 18.2 Å². The molecule has 6 nitrogen and oxygen atoms in total. The van der Waals surface area contributed by atoms with Crippen molar-refractivity contribution in [3.05, 3.63) is 34.0 Å². The van der Waals surface area contributed by atoms with Gasteiger partial charge in [0.05, 0.1) is 9.62 Å². The van der Waals surface area contributed by atoms with Gasteiger partial charge in [0.25, 0.3) is 5.69 Å². The summed E-state index contributed by atoms with van der Waals surface area (Å²) < 4.78 is 4.34. The molecule has 0 aliphatic rings. The second-order valence-corrected chi connectivity index (χ2v) is 3.58. The molecule has 8 heteroatoms. The summed E-state index contributed by atoms with van der Waals surface area (Å²) in [7, 11) is 0. The van der Waals surface area contributed by atoms with Gasteiger partial charge in [0.1, 0.15) is 0 Å². The van der Waals surface area contributed by atoms with Crippen molar-refractivity contribution in [3.63, 3.8) is 0 Å². The minimum atomic E-state index is -1.18. The average molecular weight is 261 g/mol. The summed E-state index contributed by atoms with van der Waals surface area (Å²) in [5, 5.41) is 19.6. The predicted molar refractivity (Wildman–Crippen MR) is 60.5 cm³/mol. The lowest BCUT2D eigenvalue weighted by atomic mass is 10.2. The Morgan fingerprint density at radius 1 is 1.50 bits per heavy atom. The van der Waals surface area contributed by atoms with Gasteiger partial charge in [-0.05, 0) is 17.6 Å². The third kappa shape index (κ3) is 1.95. The minimum Gasteiger partial charge on any atom is -0.476 e. The lowest BCUT2D eigenvalue weighted by Gasteiger charge is -1.92. The molecule has 0 spiro atoms. The number of benzene rings is 1. The molecule has 0 aliphatic carbocycles. The maximum atomic E-state index is 10.7. The van der Waals surface area contributed by atoms with Crippen LogP contribution in [0.25, 0.3) is 10.1 Å². The number of carboxylic acids is 1. The van der Waals surface area contributed by atoms with Crippen molar-refractivity contribution in [3.8, 4) is 0 Å². The Hall–Kier alpha value is -1.73. The molecule has 1 aromatic carbocycles. The van der Waals surface area contributed by atoms with E-state index >= 15 is 0 Å². The molecule has 0 fully saturated rings. The van der Waals surface area contributed by atoms with Gasteiger partial charge in [0, 0.05) is 17.5 Å². The van der Waals surface area contributed by atoms with Gasteiger partial charge in [-0.15, -0.1) is 12.4 Å². The number of aromatic carboxylic acids is 1. The summed E-state index contributed by atoms with van der Waals surface area (Å²) in [5.41, 5.74) is -0.274. The first-order valence-corrected chi connectivity index (χ1v) is 4.64. The van der Waals surface area contributed by atoms with Gasteiger partial charge in [-0.1, -0.05) is 0 Å². The molecule has 16 heavy (non-hydrogen) atoms. The van der Waals surface area contributed by atoms with Gasteiger partial charge in [0.15, 0.2) is 5.69 Å². The molecule has 0 saturated heterocycles. The van der Waals surface area contributed by atoms with Crippen molar-refractivity contribution in [2.45, 2.75) is 0 Å². The van der Waals surface area contributed by atoms with Crippen LogP contribution in [0.2, 0.25) is 0 Å². The maximum Gasteiger partial charge on any atom is 0.356 e. The van der Waals surface area contributed by atoms with Crippen LogP contribution in [0.1, 0.15) is 10.5 Å². The fourth-order valence-corrected chi connectivity index (χ4v) is 1.94. The Morgan fingerprint density at radius 2 is 2.19 bits per heavy atom. The van der Waals surface area contributed by atoms with E-state index in [2.05, 4.69) is 4.37 Å². The van der Waals surface area contributed by atoms with Gasteiger partial charge in [-0.25, -0.2) is 4.79 Å². The predicted octanol–water partition coefficient (Wildman–Crippen LogP) is 2.32. The van der Waals surface area contributed by atoms with Gasteiger partial charge in [-0.3, -0.25) is 10.1 Å². The first-order chi connectivity index (χ1) is 7.09. The second-order valence-electron chi connectivity index (χ2n) is 2.77. The van der Waals surface area contributed by atoms with Gasteiger partial charge in [-0.2, -0.15) is 4.37 Å². The molecule has 0 atom stereocenters. The third-order valence-electron chi connectivity index (χ3n) is 1.87. The zero-order valence-electron chi connectivity index (χ0n) is 7.61. The van der Waals surface area contributed by atoms with Crippen molar-refractivity contribution in [1.82, 2.24) is 4.37 Å². The molecule has 84 valence electrons. The summed E-state index contributed by atoms with van der Waals surface area (Å²) >= 11 is 1.01. The minimum absolute atomic E-state index is 0. The molecular weight excluding hydrogens is 256 g/mol. The molecule has 0 unspecified atom stereocenters. The normalized spacial score (nSPS) is 9.75. The summed E-state index contributed by atoms with van der Waals surface area (Å²) in [4.78, 5) is 20.7. The number of hydrogen-bond donors (Lipinski definition) is 1. The summed E-state index contributed by atoms with van der Waals surface area (Å²) in [6.45, 7) is 0. The fourth-order valence-electron chi connectivity index (χ4n) is 1.19. The lowest BCUT2D eigenvalue weighted by Crippen LogP contribution is -1.96. The average Bonchev–Trinajstić information content (AvgIpc) is 2.59. The van der Waals surface area contributed by atoms with Crippen molar-refractivity contribution in [2.75, 3.05) is 0 Å². The number of non-ortho nitro benzene ring substituents is 1. The van der Waals surface area contributed by atoms with E-state index in [0.717, 1.165) is 11.5 Å². The topological polar surface area (TPSA) is 93.3 Å². The van der Waals surface area contributed by atoms with E-state index in [0.29, 0.717) is 10.1 Å². The van der Waals surface area contributed by atoms with Crippen LogP contribution in [0.15, 0.2) is 18.2 Å².